The summed E-state index contributed by atoms with van der Waals surface area (Å²) in [4.78, 5) is 25.5. The van der Waals surface area contributed by atoms with Gasteiger partial charge in [-0.15, -0.1) is 0 Å². The molecule has 7 nitrogen and oxygen atoms in total. The number of nitriles is 1. The van der Waals surface area contributed by atoms with Gasteiger partial charge in [-0.2, -0.15) is 10.2 Å². The zero-order valence-corrected chi connectivity index (χ0v) is 12.2. The number of nitrogens with zero attached hydrogens (tertiary/aromatic N) is 5. The number of hydrogen-bond donors (Lipinski definition) is 1. The second-order valence-corrected chi connectivity index (χ2v) is 5.01. The van der Waals surface area contributed by atoms with Crippen molar-refractivity contribution in [2.75, 3.05) is 16.8 Å². The second-order valence-electron chi connectivity index (χ2n) is 4.67. The summed E-state index contributed by atoms with van der Waals surface area (Å²) in [6.07, 6.45) is 2.71. The molecule has 2 aromatic rings. The van der Waals surface area contributed by atoms with Crippen molar-refractivity contribution in [2.24, 2.45) is 0 Å². The Morgan fingerprint density at radius 2 is 2.23 bits per heavy atom. The van der Waals surface area contributed by atoms with Gasteiger partial charge in [-0.1, -0.05) is 6.07 Å². The van der Waals surface area contributed by atoms with Crippen LogP contribution in [0.5, 0.6) is 0 Å². The number of rotatable bonds is 3. The van der Waals surface area contributed by atoms with Gasteiger partial charge in [0.2, 0.25) is 11.2 Å². The Balaban J connectivity index is 1.89. The number of aromatic nitrogens is 3. The molecule has 0 spiro atoms. The maximum atomic E-state index is 11.8. The van der Waals surface area contributed by atoms with E-state index in [1.807, 2.05) is 6.07 Å². The topological polar surface area (TPSA) is 94.8 Å². The van der Waals surface area contributed by atoms with Crippen molar-refractivity contribution >= 4 is 35.0 Å². The predicted octanol–water partition coefficient (Wildman–Crippen LogP) is 2.27. The van der Waals surface area contributed by atoms with E-state index in [1.165, 1.54) is 6.20 Å². The highest BCUT2D eigenvalue weighted by Crippen LogP contribution is 2.23. The van der Waals surface area contributed by atoms with E-state index in [0.717, 1.165) is 6.42 Å². The molecule has 1 aliphatic heterocycles. The van der Waals surface area contributed by atoms with Crippen molar-refractivity contribution in [2.45, 2.75) is 12.8 Å². The molecule has 0 saturated carbocycles. The molecule has 3 heterocycles. The molecule has 110 valence electrons. The van der Waals surface area contributed by atoms with Gasteiger partial charge in [-0.25, -0.2) is 9.97 Å². The fraction of sp³-hybridized carbons (Fsp3) is 0.214. The van der Waals surface area contributed by atoms with E-state index in [9.17, 15) is 4.79 Å². The molecule has 1 saturated heterocycles. The van der Waals surface area contributed by atoms with Gasteiger partial charge in [-0.3, -0.25) is 9.69 Å². The first kappa shape index (κ1) is 14.2. The minimum Gasteiger partial charge on any atom is -0.324 e. The SMILES string of the molecule is N#Cc1cnc(Cl)nc1Nc1cccc(N2CCCC2=O)n1. The normalized spacial score (nSPS) is 14.0. The van der Waals surface area contributed by atoms with Crippen LogP contribution in [-0.2, 0) is 4.79 Å². The standard InChI is InChI=1S/C14H11ClN6O/c15-14-17-8-9(7-16)13(20-14)19-10-3-1-4-11(18-10)21-6-2-5-12(21)22/h1,3-4,8H,2,5-6H2,(H,17,18,19,20). The predicted molar refractivity (Wildman–Crippen MR) is 80.9 cm³/mol. The first-order valence-electron chi connectivity index (χ1n) is 6.64. The van der Waals surface area contributed by atoms with Crippen LogP contribution in [0.15, 0.2) is 24.4 Å². The Kier molecular flexibility index (Phi) is 3.85. The van der Waals surface area contributed by atoms with Crippen molar-refractivity contribution in [1.82, 2.24) is 15.0 Å². The molecule has 1 amide bonds. The average molecular weight is 315 g/mol. The zero-order valence-electron chi connectivity index (χ0n) is 11.5. The average Bonchev–Trinajstić information content (AvgIpc) is 2.94. The van der Waals surface area contributed by atoms with Crippen LogP contribution in [0.4, 0.5) is 17.5 Å². The highest BCUT2D eigenvalue weighted by Gasteiger charge is 2.22. The van der Waals surface area contributed by atoms with Crippen LogP contribution in [-0.4, -0.2) is 27.4 Å². The maximum absolute atomic E-state index is 11.8. The lowest BCUT2D eigenvalue weighted by atomic mass is 10.3. The highest BCUT2D eigenvalue weighted by atomic mass is 35.5. The fourth-order valence-corrected chi connectivity index (χ4v) is 2.33. The molecule has 0 aromatic carbocycles. The Morgan fingerprint density at radius 3 is 2.95 bits per heavy atom. The highest BCUT2D eigenvalue weighted by molar-refractivity contribution is 6.28. The summed E-state index contributed by atoms with van der Waals surface area (Å²) in [6.45, 7) is 0.665. The van der Waals surface area contributed by atoms with Crippen LogP contribution in [0.25, 0.3) is 0 Å². The summed E-state index contributed by atoms with van der Waals surface area (Å²) >= 11 is 5.75. The molecule has 8 heteroatoms. The molecule has 0 unspecified atom stereocenters. The van der Waals surface area contributed by atoms with E-state index >= 15 is 0 Å². The number of pyridine rings is 1. The lowest BCUT2D eigenvalue weighted by Gasteiger charge is -2.15. The Hall–Kier alpha value is -2.72. The first-order valence-corrected chi connectivity index (χ1v) is 7.02. The van der Waals surface area contributed by atoms with Gasteiger partial charge in [0.05, 0.1) is 6.20 Å². The Bertz CT molecular complexity index is 772. The van der Waals surface area contributed by atoms with Gasteiger partial charge in [0.15, 0.2) is 5.82 Å². The summed E-state index contributed by atoms with van der Waals surface area (Å²) in [5, 5.41) is 12.0. The summed E-state index contributed by atoms with van der Waals surface area (Å²) in [6, 6.07) is 7.26. The molecule has 1 aliphatic rings. The molecule has 0 bridgehead atoms. The minimum absolute atomic E-state index is 0.0346. The van der Waals surface area contributed by atoms with Crippen LogP contribution in [0.3, 0.4) is 0 Å². The number of halogens is 1. The van der Waals surface area contributed by atoms with Crippen LogP contribution >= 0.6 is 11.6 Å². The minimum atomic E-state index is 0.0346. The third-order valence-corrected chi connectivity index (χ3v) is 3.39. The van der Waals surface area contributed by atoms with Crippen molar-refractivity contribution in [1.29, 1.82) is 5.26 Å². The second kappa shape index (κ2) is 5.95. The maximum Gasteiger partial charge on any atom is 0.228 e. The summed E-state index contributed by atoms with van der Waals surface area (Å²) in [5.41, 5.74) is 0.258. The lowest BCUT2D eigenvalue weighted by molar-refractivity contribution is -0.117. The molecule has 0 radical (unpaired) electrons. The van der Waals surface area contributed by atoms with Gasteiger partial charge in [0.1, 0.15) is 23.3 Å². The van der Waals surface area contributed by atoms with Crippen LogP contribution < -0.4 is 10.2 Å². The summed E-state index contributed by atoms with van der Waals surface area (Å²) in [7, 11) is 0. The molecule has 3 rings (SSSR count). The van der Waals surface area contributed by atoms with Gasteiger partial charge in [-0.05, 0) is 30.2 Å². The Labute approximate surface area is 131 Å². The van der Waals surface area contributed by atoms with Crippen LogP contribution in [0, 0.1) is 11.3 Å². The number of amides is 1. The number of anilines is 3. The van der Waals surface area contributed by atoms with Crippen molar-refractivity contribution in [3.63, 3.8) is 0 Å². The largest absolute Gasteiger partial charge is 0.324 e. The van der Waals surface area contributed by atoms with Crippen molar-refractivity contribution in [3.8, 4) is 6.07 Å². The first-order chi connectivity index (χ1) is 10.7. The van der Waals surface area contributed by atoms with Crippen LogP contribution in [0.2, 0.25) is 5.28 Å². The molecular weight excluding hydrogens is 304 g/mol. The van der Waals surface area contributed by atoms with Gasteiger partial charge in [0.25, 0.3) is 0 Å². The number of carbonyl (C=O) groups is 1. The van der Waals surface area contributed by atoms with E-state index in [2.05, 4.69) is 20.3 Å². The molecule has 2 aromatic heterocycles. The number of carbonyl (C=O) groups excluding carboxylic acids is 1. The van der Waals surface area contributed by atoms with Gasteiger partial charge < -0.3 is 5.32 Å². The van der Waals surface area contributed by atoms with Crippen molar-refractivity contribution < 1.29 is 4.79 Å². The summed E-state index contributed by atoms with van der Waals surface area (Å²) < 4.78 is 0. The van der Waals surface area contributed by atoms with Crippen molar-refractivity contribution in [3.05, 3.63) is 35.2 Å². The fourth-order valence-electron chi connectivity index (χ4n) is 2.19. The molecule has 1 fully saturated rings. The van der Waals surface area contributed by atoms with E-state index in [4.69, 9.17) is 16.9 Å². The van der Waals surface area contributed by atoms with E-state index in [0.29, 0.717) is 24.6 Å². The van der Waals surface area contributed by atoms with Gasteiger partial charge in [0, 0.05) is 13.0 Å². The molecule has 22 heavy (non-hydrogen) atoms. The third-order valence-electron chi connectivity index (χ3n) is 3.21. The number of nitrogens with one attached hydrogen (secondary N) is 1. The number of hydrogen-bond acceptors (Lipinski definition) is 6. The Morgan fingerprint density at radius 1 is 1.36 bits per heavy atom. The smallest absolute Gasteiger partial charge is 0.228 e. The van der Waals surface area contributed by atoms with Crippen LogP contribution in [0.1, 0.15) is 18.4 Å². The van der Waals surface area contributed by atoms with E-state index in [1.54, 1.807) is 23.1 Å². The van der Waals surface area contributed by atoms with Gasteiger partial charge >= 0.3 is 0 Å². The third kappa shape index (κ3) is 2.82. The monoisotopic (exact) mass is 314 g/mol. The van der Waals surface area contributed by atoms with E-state index < -0.39 is 0 Å². The molecular formula is C14H11ClN6O. The molecule has 0 atom stereocenters. The molecule has 1 N–H and O–H groups in total. The summed E-state index contributed by atoms with van der Waals surface area (Å²) in [5.74, 6) is 1.39. The molecule has 0 aliphatic carbocycles. The van der Waals surface area contributed by atoms with E-state index in [-0.39, 0.29) is 22.6 Å². The quantitative estimate of drug-likeness (QED) is 0.873. The lowest BCUT2D eigenvalue weighted by Crippen LogP contribution is -2.24. The zero-order chi connectivity index (χ0) is 15.5.